The van der Waals surface area contributed by atoms with Crippen LogP contribution in [0.4, 0.5) is 0 Å². The third-order valence-corrected chi connectivity index (χ3v) is 5.71. The van der Waals surface area contributed by atoms with E-state index in [2.05, 4.69) is 38.1 Å². The van der Waals surface area contributed by atoms with E-state index < -0.39 is 0 Å². The normalized spacial score (nSPS) is 21.4. The third-order valence-electron chi connectivity index (χ3n) is 5.71. The monoisotopic (exact) mass is 353 g/mol. The van der Waals surface area contributed by atoms with E-state index in [9.17, 15) is 0 Å². The predicted molar refractivity (Wildman–Crippen MR) is 109 cm³/mol. The molecule has 0 amide bonds. The van der Waals surface area contributed by atoms with Crippen LogP contribution in [0.3, 0.4) is 0 Å². The van der Waals surface area contributed by atoms with Crippen molar-refractivity contribution in [2.75, 3.05) is 0 Å². The fraction of sp³-hybridized carbons (Fsp3) is 0.625. The van der Waals surface area contributed by atoms with Crippen molar-refractivity contribution in [3.05, 3.63) is 47.7 Å². The van der Waals surface area contributed by atoms with Gasteiger partial charge in [-0.1, -0.05) is 45.2 Å². The van der Waals surface area contributed by atoms with Crippen LogP contribution in [0.15, 0.2) is 36.6 Å². The zero-order chi connectivity index (χ0) is 18.6. The van der Waals surface area contributed by atoms with Crippen LogP contribution < -0.4 is 0 Å². The fourth-order valence-corrected chi connectivity index (χ4v) is 4.09. The number of nitrogens with zero attached hydrogens (tertiary/aromatic N) is 1. The van der Waals surface area contributed by atoms with Gasteiger partial charge in [0.2, 0.25) is 0 Å². The molecule has 0 radical (unpaired) electrons. The van der Waals surface area contributed by atoms with Crippen LogP contribution in [0.2, 0.25) is 0 Å². The molecule has 1 aromatic carbocycles. The van der Waals surface area contributed by atoms with Crippen molar-refractivity contribution in [1.29, 1.82) is 5.26 Å². The van der Waals surface area contributed by atoms with E-state index in [1.165, 1.54) is 56.9 Å². The van der Waals surface area contributed by atoms with Gasteiger partial charge in [-0.15, -0.1) is 0 Å². The van der Waals surface area contributed by atoms with Crippen LogP contribution in [-0.2, 0) is 4.74 Å². The number of hydrogen-bond donors (Lipinski definition) is 0. The Balaban J connectivity index is 1.81. The minimum Gasteiger partial charge on any atom is -0.498 e. The highest BCUT2D eigenvalue weighted by molar-refractivity contribution is 5.33. The molecular weight excluding hydrogens is 318 g/mol. The second-order valence-electron chi connectivity index (χ2n) is 7.68. The lowest BCUT2D eigenvalue weighted by Crippen LogP contribution is -2.26. The number of rotatable bonds is 10. The Labute approximate surface area is 160 Å². The van der Waals surface area contributed by atoms with E-state index in [-0.39, 0.29) is 0 Å². The van der Waals surface area contributed by atoms with Crippen LogP contribution in [0, 0.1) is 17.2 Å². The van der Waals surface area contributed by atoms with Crippen molar-refractivity contribution < 1.29 is 4.74 Å². The van der Waals surface area contributed by atoms with Gasteiger partial charge >= 0.3 is 0 Å². The molecule has 0 aromatic heterocycles. The van der Waals surface area contributed by atoms with E-state index in [0.29, 0.717) is 17.9 Å². The molecule has 2 rings (SSSR count). The molecule has 0 heterocycles. The van der Waals surface area contributed by atoms with Gasteiger partial charge < -0.3 is 4.74 Å². The molecule has 1 unspecified atom stereocenters. The molecule has 1 fully saturated rings. The largest absolute Gasteiger partial charge is 0.498 e. The van der Waals surface area contributed by atoms with Gasteiger partial charge in [0.05, 0.1) is 17.9 Å². The maximum Gasteiger partial charge on any atom is 0.101 e. The molecule has 0 N–H and O–H groups in total. The number of ether oxygens (including phenoxy) is 1. The molecule has 1 saturated carbocycles. The minimum atomic E-state index is 0.379. The minimum absolute atomic E-state index is 0.379. The first-order chi connectivity index (χ1) is 12.8. The first kappa shape index (κ1) is 20.6. The Bertz CT molecular complexity index is 561. The first-order valence-corrected chi connectivity index (χ1v) is 10.6. The first-order valence-electron chi connectivity index (χ1n) is 10.6. The zero-order valence-electron chi connectivity index (χ0n) is 16.6. The van der Waals surface area contributed by atoms with E-state index in [4.69, 9.17) is 10.00 Å². The Morgan fingerprint density at radius 3 is 2.42 bits per heavy atom. The molecule has 0 spiro atoms. The Morgan fingerprint density at radius 1 is 1.08 bits per heavy atom. The van der Waals surface area contributed by atoms with Crippen molar-refractivity contribution in [1.82, 2.24) is 0 Å². The summed E-state index contributed by atoms with van der Waals surface area (Å²) in [6.45, 7) is 4.50. The van der Waals surface area contributed by atoms with Gasteiger partial charge in [-0.3, -0.25) is 0 Å². The molecule has 0 bridgehead atoms. The van der Waals surface area contributed by atoms with E-state index in [1.807, 2.05) is 18.4 Å². The predicted octanol–water partition coefficient (Wildman–Crippen LogP) is 7.11. The standard InChI is InChI=1S/C24H35NO/c1-3-5-6-7-8-18-26-24(9-4-2)23-16-14-22(15-17-23)21-12-10-20(19-25)11-13-21/h8,10-13,18,22-24H,3-7,9,14-17H2,1-2H3. The number of benzene rings is 1. The SMILES string of the molecule is CCCCCC=COC(CCC)C1CCC(c2ccc(C#N)cc2)CC1. The molecule has 0 aliphatic heterocycles. The lowest BCUT2D eigenvalue weighted by atomic mass is 9.76. The molecule has 2 nitrogen and oxygen atoms in total. The van der Waals surface area contributed by atoms with Crippen molar-refractivity contribution in [2.24, 2.45) is 5.92 Å². The topological polar surface area (TPSA) is 33.0 Å². The number of allylic oxidation sites excluding steroid dienone is 1. The van der Waals surface area contributed by atoms with Gasteiger partial charge in [0.1, 0.15) is 6.10 Å². The van der Waals surface area contributed by atoms with E-state index in [0.717, 1.165) is 18.4 Å². The van der Waals surface area contributed by atoms with Crippen molar-refractivity contribution in [2.45, 2.75) is 90.1 Å². The summed E-state index contributed by atoms with van der Waals surface area (Å²) in [5, 5.41) is 8.95. The lowest BCUT2D eigenvalue weighted by molar-refractivity contribution is 0.0555. The molecule has 1 aromatic rings. The van der Waals surface area contributed by atoms with Crippen LogP contribution in [-0.4, -0.2) is 6.10 Å². The Kier molecular flexibility index (Phi) is 9.32. The zero-order valence-corrected chi connectivity index (χ0v) is 16.6. The van der Waals surface area contributed by atoms with Crippen molar-refractivity contribution in [3.8, 4) is 6.07 Å². The highest BCUT2D eigenvalue weighted by Crippen LogP contribution is 2.38. The molecule has 1 aliphatic carbocycles. The fourth-order valence-electron chi connectivity index (χ4n) is 4.09. The summed E-state index contributed by atoms with van der Waals surface area (Å²) in [5.41, 5.74) is 2.15. The molecule has 0 saturated heterocycles. The van der Waals surface area contributed by atoms with Gasteiger partial charge in [0, 0.05) is 0 Å². The highest BCUT2D eigenvalue weighted by atomic mass is 16.5. The summed E-state index contributed by atoms with van der Waals surface area (Å²) in [5.74, 6) is 1.33. The summed E-state index contributed by atoms with van der Waals surface area (Å²) < 4.78 is 6.16. The molecule has 142 valence electrons. The molecular formula is C24H35NO. The van der Waals surface area contributed by atoms with Gasteiger partial charge in [-0.05, 0) is 80.6 Å². The number of nitriles is 1. The van der Waals surface area contributed by atoms with Crippen LogP contribution in [0.5, 0.6) is 0 Å². The summed E-state index contributed by atoms with van der Waals surface area (Å²) in [4.78, 5) is 0. The van der Waals surface area contributed by atoms with Gasteiger partial charge in [-0.25, -0.2) is 0 Å². The smallest absolute Gasteiger partial charge is 0.101 e. The van der Waals surface area contributed by atoms with Gasteiger partial charge in [-0.2, -0.15) is 5.26 Å². The Morgan fingerprint density at radius 2 is 1.81 bits per heavy atom. The molecule has 2 heteroatoms. The van der Waals surface area contributed by atoms with E-state index >= 15 is 0 Å². The summed E-state index contributed by atoms with van der Waals surface area (Å²) in [6, 6.07) is 10.4. The van der Waals surface area contributed by atoms with Crippen LogP contribution in [0.1, 0.15) is 95.1 Å². The average Bonchev–Trinajstić information content (AvgIpc) is 2.70. The van der Waals surface area contributed by atoms with Gasteiger partial charge in [0.15, 0.2) is 0 Å². The maximum absolute atomic E-state index is 8.95. The average molecular weight is 354 g/mol. The second-order valence-corrected chi connectivity index (χ2v) is 7.68. The quantitative estimate of drug-likeness (QED) is 0.331. The van der Waals surface area contributed by atoms with Crippen LogP contribution >= 0.6 is 0 Å². The number of hydrogen-bond acceptors (Lipinski definition) is 2. The molecule has 1 atom stereocenters. The lowest BCUT2D eigenvalue weighted by Gasteiger charge is -2.33. The van der Waals surface area contributed by atoms with E-state index in [1.54, 1.807) is 0 Å². The summed E-state index contributed by atoms with van der Waals surface area (Å²) >= 11 is 0. The Hall–Kier alpha value is -1.75. The van der Waals surface area contributed by atoms with Gasteiger partial charge in [0.25, 0.3) is 0 Å². The van der Waals surface area contributed by atoms with Crippen LogP contribution in [0.25, 0.3) is 0 Å². The number of unbranched alkanes of at least 4 members (excludes halogenated alkanes) is 3. The highest BCUT2D eigenvalue weighted by Gasteiger charge is 2.28. The summed E-state index contributed by atoms with van der Waals surface area (Å²) in [6.07, 6.45) is 16.9. The molecule has 1 aliphatic rings. The second kappa shape index (κ2) is 11.8. The van der Waals surface area contributed by atoms with Crippen molar-refractivity contribution >= 4 is 0 Å². The van der Waals surface area contributed by atoms with Crippen molar-refractivity contribution in [3.63, 3.8) is 0 Å². The maximum atomic E-state index is 8.95. The summed E-state index contributed by atoms with van der Waals surface area (Å²) in [7, 11) is 0. The third kappa shape index (κ3) is 6.52. The molecule has 26 heavy (non-hydrogen) atoms.